The fourth-order valence-electron chi connectivity index (χ4n) is 3.41. The molecule has 6 heteroatoms. The average Bonchev–Trinajstić information content (AvgIpc) is 3.01. The number of hydrogen-bond donors (Lipinski definition) is 0. The zero-order chi connectivity index (χ0) is 14.7. The molecule has 2 atom stereocenters. The summed E-state index contributed by atoms with van der Waals surface area (Å²) in [5, 5.41) is 7.85. The molecule has 3 heterocycles. The van der Waals surface area contributed by atoms with Crippen molar-refractivity contribution in [3.8, 4) is 0 Å². The van der Waals surface area contributed by atoms with Gasteiger partial charge in [-0.15, -0.1) is 5.10 Å². The normalized spacial score (nSPS) is 27.8. The van der Waals surface area contributed by atoms with Crippen LogP contribution in [0.25, 0.3) is 0 Å². The molecule has 1 amide bonds. The quantitative estimate of drug-likeness (QED) is 0.843. The zero-order valence-corrected chi connectivity index (χ0v) is 12.6. The van der Waals surface area contributed by atoms with Crippen LogP contribution in [-0.2, 0) is 16.1 Å². The third-order valence-electron chi connectivity index (χ3n) is 4.77. The Balaban J connectivity index is 1.49. The Hall–Kier alpha value is -1.43. The van der Waals surface area contributed by atoms with Gasteiger partial charge in [0.05, 0.1) is 18.2 Å². The molecule has 0 aromatic carbocycles. The number of hydrogen-bond acceptors (Lipinski definition) is 4. The van der Waals surface area contributed by atoms with Crippen LogP contribution in [0.3, 0.4) is 0 Å². The van der Waals surface area contributed by atoms with E-state index in [9.17, 15) is 4.79 Å². The third kappa shape index (κ3) is 3.43. The number of amides is 1. The summed E-state index contributed by atoms with van der Waals surface area (Å²) in [6.45, 7) is 5.46. The Kier molecular flexibility index (Phi) is 4.53. The summed E-state index contributed by atoms with van der Waals surface area (Å²) in [5.74, 6) is 0.947. The predicted molar refractivity (Wildman–Crippen MR) is 77.5 cm³/mol. The minimum Gasteiger partial charge on any atom is -0.378 e. The number of piperidine rings is 1. The van der Waals surface area contributed by atoms with E-state index in [1.807, 2.05) is 22.7 Å². The Morgan fingerprint density at radius 1 is 1.33 bits per heavy atom. The largest absolute Gasteiger partial charge is 0.378 e. The van der Waals surface area contributed by atoms with Crippen molar-refractivity contribution in [2.24, 2.45) is 11.8 Å². The molecule has 0 unspecified atom stereocenters. The highest BCUT2D eigenvalue weighted by Crippen LogP contribution is 2.26. The molecule has 3 rings (SSSR count). The van der Waals surface area contributed by atoms with Gasteiger partial charge in [-0.25, -0.2) is 0 Å². The molecule has 116 valence electrons. The zero-order valence-electron chi connectivity index (χ0n) is 12.6. The second kappa shape index (κ2) is 6.56. The summed E-state index contributed by atoms with van der Waals surface area (Å²) in [6, 6.07) is 0. The molecule has 6 nitrogen and oxygen atoms in total. The third-order valence-corrected chi connectivity index (χ3v) is 4.77. The molecule has 21 heavy (non-hydrogen) atoms. The van der Waals surface area contributed by atoms with Crippen molar-refractivity contribution in [2.75, 3.05) is 19.7 Å². The second-order valence-electron chi connectivity index (χ2n) is 6.22. The summed E-state index contributed by atoms with van der Waals surface area (Å²) in [4.78, 5) is 14.6. The molecule has 1 aromatic rings. The maximum Gasteiger partial charge on any atom is 0.228 e. The molecule has 0 radical (unpaired) electrons. The van der Waals surface area contributed by atoms with E-state index in [-0.39, 0.29) is 12.0 Å². The highest BCUT2D eigenvalue weighted by molar-refractivity contribution is 5.79. The van der Waals surface area contributed by atoms with E-state index in [0.717, 1.165) is 51.9 Å². The van der Waals surface area contributed by atoms with Crippen LogP contribution in [0.2, 0.25) is 0 Å². The summed E-state index contributed by atoms with van der Waals surface area (Å²) >= 11 is 0. The lowest BCUT2D eigenvalue weighted by molar-refractivity contribution is -0.145. The summed E-state index contributed by atoms with van der Waals surface area (Å²) in [6.07, 6.45) is 7.75. The van der Waals surface area contributed by atoms with Gasteiger partial charge >= 0.3 is 0 Å². The van der Waals surface area contributed by atoms with Crippen LogP contribution >= 0.6 is 0 Å². The standard InChI is InChI=1S/C15H24N4O2/c1-12-14(3-2-10-21-12)15(20)18-7-4-13(5-8-18)11-19-9-6-16-17-19/h6,9,12-14H,2-5,7-8,10-11H2,1H3/t12-,14+/m1/s1. The van der Waals surface area contributed by atoms with Gasteiger partial charge in [-0.1, -0.05) is 5.21 Å². The van der Waals surface area contributed by atoms with Crippen molar-refractivity contribution in [3.05, 3.63) is 12.4 Å². The highest BCUT2D eigenvalue weighted by atomic mass is 16.5. The van der Waals surface area contributed by atoms with Crippen molar-refractivity contribution in [1.82, 2.24) is 19.9 Å². The van der Waals surface area contributed by atoms with E-state index in [2.05, 4.69) is 10.3 Å². The summed E-state index contributed by atoms with van der Waals surface area (Å²) in [7, 11) is 0. The molecule has 0 saturated carbocycles. The molecular formula is C15H24N4O2. The fraction of sp³-hybridized carbons (Fsp3) is 0.800. The van der Waals surface area contributed by atoms with E-state index in [1.54, 1.807) is 6.20 Å². The van der Waals surface area contributed by atoms with Crippen molar-refractivity contribution < 1.29 is 9.53 Å². The van der Waals surface area contributed by atoms with Crippen molar-refractivity contribution in [1.29, 1.82) is 0 Å². The van der Waals surface area contributed by atoms with Gasteiger partial charge in [0, 0.05) is 32.4 Å². The first kappa shape index (κ1) is 14.5. The molecule has 2 aliphatic rings. The molecule has 1 aromatic heterocycles. The van der Waals surface area contributed by atoms with E-state index >= 15 is 0 Å². The van der Waals surface area contributed by atoms with E-state index in [0.29, 0.717) is 11.8 Å². The van der Waals surface area contributed by atoms with Crippen molar-refractivity contribution >= 4 is 5.91 Å². The van der Waals surface area contributed by atoms with Crippen molar-refractivity contribution in [2.45, 2.75) is 45.3 Å². The minimum atomic E-state index is 0.0608. The van der Waals surface area contributed by atoms with Crippen LogP contribution in [0.15, 0.2) is 12.4 Å². The maximum absolute atomic E-state index is 12.6. The minimum absolute atomic E-state index is 0.0608. The van der Waals surface area contributed by atoms with E-state index in [4.69, 9.17) is 4.74 Å². The number of carbonyl (C=O) groups is 1. The lowest BCUT2D eigenvalue weighted by atomic mass is 9.91. The number of carbonyl (C=O) groups excluding carboxylic acids is 1. The van der Waals surface area contributed by atoms with Crippen LogP contribution in [0.4, 0.5) is 0 Å². The molecule has 0 N–H and O–H groups in total. The highest BCUT2D eigenvalue weighted by Gasteiger charge is 2.33. The van der Waals surface area contributed by atoms with Gasteiger partial charge in [-0.2, -0.15) is 0 Å². The molecule has 2 saturated heterocycles. The van der Waals surface area contributed by atoms with Crippen LogP contribution in [0, 0.1) is 11.8 Å². The van der Waals surface area contributed by atoms with E-state index < -0.39 is 0 Å². The number of nitrogens with zero attached hydrogens (tertiary/aromatic N) is 4. The Labute approximate surface area is 125 Å². The van der Waals surface area contributed by atoms with Crippen LogP contribution in [-0.4, -0.2) is 51.6 Å². The van der Waals surface area contributed by atoms with Gasteiger partial charge in [0.2, 0.25) is 5.91 Å². The Morgan fingerprint density at radius 2 is 2.14 bits per heavy atom. The number of rotatable bonds is 3. The predicted octanol–water partition coefficient (Wildman–Crippen LogP) is 1.33. The lowest BCUT2D eigenvalue weighted by Crippen LogP contribution is -2.46. The number of likely N-dealkylation sites (tertiary alicyclic amines) is 1. The van der Waals surface area contributed by atoms with Gasteiger partial charge in [0.15, 0.2) is 0 Å². The Morgan fingerprint density at radius 3 is 2.81 bits per heavy atom. The monoisotopic (exact) mass is 292 g/mol. The van der Waals surface area contributed by atoms with Gasteiger partial charge in [0.1, 0.15) is 0 Å². The molecule has 0 aliphatic carbocycles. The topological polar surface area (TPSA) is 60.2 Å². The lowest BCUT2D eigenvalue weighted by Gasteiger charge is -2.37. The molecule has 2 fully saturated rings. The van der Waals surface area contributed by atoms with Crippen LogP contribution in [0.5, 0.6) is 0 Å². The first-order valence-corrected chi connectivity index (χ1v) is 7.98. The first-order valence-electron chi connectivity index (χ1n) is 7.98. The molecular weight excluding hydrogens is 268 g/mol. The van der Waals surface area contributed by atoms with Gasteiger partial charge < -0.3 is 9.64 Å². The molecule has 0 spiro atoms. The summed E-state index contributed by atoms with van der Waals surface area (Å²) in [5.41, 5.74) is 0. The average molecular weight is 292 g/mol. The van der Waals surface area contributed by atoms with Gasteiger partial charge in [0.25, 0.3) is 0 Å². The number of ether oxygens (including phenoxy) is 1. The molecule has 0 bridgehead atoms. The molecule has 2 aliphatic heterocycles. The first-order chi connectivity index (χ1) is 10.2. The number of aromatic nitrogens is 3. The van der Waals surface area contributed by atoms with Gasteiger partial charge in [-0.3, -0.25) is 9.48 Å². The van der Waals surface area contributed by atoms with Crippen LogP contribution < -0.4 is 0 Å². The maximum atomic E-state index is 12.6. The fourth-order valence-corrected chi connectivity index (χ4v) is 3.41. The Bertz CT molecular complexity index is 454. The van der Waals surface area contributed by atoms with Gasteiger partial charge in [-0.05, 0) is 38.5 Å². The SMILES string of the molecule is C[C@H]1OCCC[C@@H]1C(=O)N1CCC(Cn2ccnn2)CC1. The summed E-state index contributed by atoms with van der Waals surface area (Å²) < 4.78 is 7.52. The van der Waals surface area contributed by atoms with E-state index in [1.165, 1.54) is 0 Å². The smallest absolute Gasteiger partial charge is 0.228 e. The van der Waals surface area contributed by atoms with Crippen LogP contribution in [0.1, 0.15) is 32.6 Å². The second-order valence-corrected chi connectivity index (χ2v) is 6.22. The van der Waals surface area contributed by atoms with Crippen molar-refractivity contribution in [3.63, 3.8) is 0 Å².